The number of thioether (sulfide) groups is 1. The summed E-state index contributed by atoms with van der Waals surface area (Å²) in [5.74, 6) is 0.734. The summed E-state index contributed by atoms with van der Waals surface area (Å²) < 4.78 is 12.2. The van der Waals surface area contributed by atoms with Gasteiger partial charge in [-0.05, 0) is 77.0 Å². The standard InChI is InChI=1S/C22H21IN2O6S/c1-4-13(2)31-20-17(23)9-15(10-18(20)30-3)11-19-21(26)24(22(27)32-19)12-14-6-5-7-16(8-14)25(28)29/h5-11,13H,4,12H2,1-3H3/b19-11-/t13-/m0/s1. The summed E-state index contributed by atoms with van der Waals surface area (Å²) in [4.78, 5) is 37.1. The minimum absolute atomic E-state index is 0.0218. The van der Waals surface area contributed by atoms with Crippen LogP contribution in [0.1, 0.15) is 31.4 Å². The summed E-state index contributed by atoms with van der Waals surface area (Å²) >= 11 is 2.98. The van der Waals surface area contributed by atoms with Gasteiger partial charge in [0.15, 0.2) is 11.5 Å². The largest absolute Gasteiger partial charge is 0.493 e. The molecule has 0 aromatic heterocycles. The monoisotopic (exact) mass is 568 g/mol. The third-order valence-corrected chi connectivity index (χ3v) is 6.49. The van der Waals surface area contributed by atoms with Gasteiger partial charge in [-0.15, -0.1) is 0 Å². The molecule has 0 radical (unpaired) electrons. The Labute approximate surface area is 203 Å². The Hall–Kier alpha value is -2.60. The maximum atomic E-state index is 12.9. The Morgan fingerprint density at radius 1 is 1.28 bits per heavy atom. The predicted molar refractivity (Wildman–Crippen MR) is 131 cm³/mol. The normalized spacial score (nSPS) is 15.9. The molecule has 0 saturated carbocycles. The van der Waals surface area contributed by atoms with E-state index in [2.05, 4.69) is 22.6 Å². The van der Waals surface area contributed by atoms with Crippen molar-refractivity contribution in [2.24, 2.45) is 0 Å². The third-order valence-electron chi connectivity index (χ3n) is 4.78. The van der Waals surface area contributed by atoms with Crippen LogP contribution in [0.2, 0.25) is 0 Å². The lowest BCUT2D eigenvalue weighted by Gasteiger charge is -2.17. The molecule has 2 amide bonds. The van der Waals surface area contributed by atoms with Crippen molar-refractivity contribution in [3.63, 3.8) is 0 Å². The van der Waals surface area contributed by atoms with Crippen molar-refractivity contribution in [1.82, 2.24) is 4.90 Å². The third kappa shape index (κ3) is 5.41. The van der Waals surface area contributed by atoms with Crippen molar-refractivity contribution in [3.05, 3.63) is 66.1 Å². The number of ether oxygens (including phenoxy) is 2. The topological polar surface area (TPSA) is 99.0 Å². The van der Waals surface area contributed by atoms with Gasteiger partial charge in [-0.2, -0.15) is 0 Å². The van der Waals surface area contributed by atoms with Crippen LogP contribution in [0, 0.1) is 13.7 Å². The van der Waals surface area contributed by atoms with E-state index in [0.717, 1.165) is 26.7 Å². The Morgan fingerprint density at radius 3 is 2.69 bits per heavy atom. The first-order valence-electron chi connectivity index (χ1n) is 9.76. The molecule has 168 valence electrons. The number of methoxy groups -OCH3 is 1. The lowest BCUT2D eigenvalue weighted by Crippen LogP contribution is -2.27. The highest BCUT2D eigenvalue weighted by molar-refractivity contribution is 14.1. The minimum atomic E-state index is -0.513. The number of imide groups is 1. The Bertz CT molecular complexity index is 1100. The van der Waals surface area contributed by atoms with E-state index in [0.29, 0.717) is 22.6 Å². The van der Waals surface area contributed by atoms with E-state index in [9.17, 15) is 19.7 Å². The van der Waals surface area contributed by atoms with E-state index in [1.54, 1.807) is 25.3 Å². The molecule has 10 heteroatoms. The molecule has 32 heavy (non-hydrogen) atoms. The Kier molecular flexibility index (Phi) is 7.77. The molecule has 0 spiro atoms. The smallest absolute Gasteiger partial charge is 0.293 e. The van der Waals surface area contributed by atoms with Gasteiger partial charge in [0.25, 0.3) is 16.8 Å². The molecule has 2 aromatic carbocycles. The summed E-state index contributed by atoms with van der Waals surface area (Å²) in [6, 6.07) is 9.50. The molecular formula is C22H21IN2O6S. The van der Waals surface area contributed by atoms with Gasteiger partial charge in [0.2, 0.25) is 0 Å². The molecule has 1 atom stereocenters. The number of benzene rings is 2. The van der Waals surface area contributed by atoms with Gasteiger partial charge in [-0.1, -0.05) is 19.1 Å². The number of nitro groups is 1. The van der Waals surface area contributed by atoms with Gasteiger partial charge in [0.1, 0.15) is 0 Å². The molecule has 1 heterocycles. The summed E-state index contributed by atoms with van der Waals surface area (Å²) in [6.45, 7) is 3.97. The van der Waals surface area contributed by atoms with E-state index in [1.165, 1.54) is 18.2 Å². The fraction of sp³-hybridized carbons (Fsp3) is 0.273. The van der Waals surface area contributed by atoms with E-state index in [4.69, 9.17) is 9.47 Å². The second-order valence-electron chi connectivity index (χ2n) is 7.07. The molecule has 0 aliphatic carbocycles. The van der Waals surface area contributed by atoms with E-state index >= 15 is 0 Å². The van der Waals surface area contributed by atoms with Crippen molar-refractivity contribution in [1.29, 1.82) is 0 Å². The van der Waals surface area contributed by atoms with E-state index in [-0.39, 0.29) is 23.2 Å². The van der Waals surface area contributed by atoms with Crippen LogP contribution in [-0.2, 0) is 11.3 Å². The quantitative estimate of drug-likeness (QED) is 0.176. The minimum Gasteiger partial charge on any atom is -0.493 e. The SMILES string of the molecule is CC[C@H](C)Oc1c(I)cc(/C=C2\SC(=O)N(Cc3cccc([N+](=O)[O-])c3)C2=O)cc1OC. The zero-order valence-corrected chi connectivity index (χ0v) is 20.6. The summed E-state index contributed by atoms with van der Waals surface area (Å²) in [7, 11) is 1.55. The number of carbonyl (C=O) groups is 2. The number of rotatable bonds is 8. The number of halogens is 1. The van der Waals surface area contributed by atoms with Crippen LogP contribution in [0.3, 0.4) is 0 Å². The fourth-order valence-corrected chi connectivity index (χ4v) is 4.55. The summed E-state index contributed by atoms with van der Waals surface area (Å²) in [5, 5.41) is 10.6. The number of carbonyl (C=O) groups excluding carboxylic acids is 2. The zero-order valence-electron chi connectivity index (χ0n) is 17.7. The Balaban J connectivity index is 1.85. The number of nitro benzene ring substituents is 1. The lowest BCUT2D eigenvalue weighted by molar-refractivity contribution is -0.384. The van der Waals surface area contributed by atoms with Crippen molar-refractivity contribution in [2.75, 3.05) is 7.11 Å². The number of hydrogen-bond acceptors (Lipinski definition) is 7. The second kappa shape index (κ2) is 10.3. The lowest BCUT2D eigenvalue weighted by atomic mass is 10.1. The van der Waals surface area contributed by atoms with Gasteiger partial charge in [0, 0.05) is 12.1 Å². The number of amides is 2. The maximum absolute atomic E-state index is 12.9. The number of non-ortho nitro benzene ring substituents is 1. The van der Waals surface area contributed by atoms with Crippen molar-refractivity contribution >= 4 is 57.3 Å². The van der Waals surface area contributed by atoms with Crippen LogP contribution in [0.5, 0.6) is 11.5 Å². The first-order valence-corrected chi connectivity index (χ1v) is 11.7. The molecule has 1 aliphatic heterocycles. The van der Waals surface area contributed by atoms with Crippen LogP contribution in [-0.4, -0.2) is 34.2 Å². The van der Waals surface area contributed by atoms with Crippen LogP contribution in [0.15, 0.2) is 41.3 Å². The van der Waals surface area contributed by atoms with Gasteiger partial charge >= 0.3 is 0 Å². The van der Waals surface area contributed by atoms with Crippen molar-refractivity contribution in [3.8, 4) is 11.5 Å². The Morgan fingerprint density at radius 2 is 2.03 bits per heavy atom. The van der Waals surface area contributed by atoms with Crippen molar-refractivity contribution in [2.45, 2.75) is 32.9 Å². The molecule has 1 saturated heterocycles. The number of hydrogen-bond donors (Lipinski definition) is 0. The molecule has 1 aliphatic rings. The molecule has 0 N–H and O–H groups in total. The summed E-state index contributed by atoms with van der Waals surface area (Å²) in [5.41, 5.74) is 1.11. The number of nitrogens with zero attached hydrogens (tertiary/aromatic N) is 2. The van der Waals surface area contributed by atoms with Crippen molar-refractivity contribution < 1.29 is 24.0 Å². The molecular weight excluding hydrogens is 547 g/mol. The van der Waals surface area contributed by atoms with Gasteiger partial charge in [0.05, 0.1) is 33.2 Å². The molecule has 8 nitrogen and oxygen atoms in total. The van der Waals surface area contributed by atoms with Crippen LogP contribution < -0.4 is 9.47 Å². The van der Waals surface area contributed by atoms with Crippen LogP contribution >= 0.6 is 34.4 Å². The van der Waals surface area contributed by atoms with E-state index in [1.807, 2.05) is 19.9 Å². The van der Waals surface area contributed by atoms with E-state index < -0.39 is 16.1 Å². The molecule has 3 rings (SSSR count). The van der Waals surface area contributed by atoms with Gasteiger partial charge in [-0.3, -0.25) is 24.6 Å². The predicted octanol–water partition coefficient (Wildman–Crippen LogP) is 5.62. The first kappa shape index (κ1) is 24.1. The molecule has 1 fully saturated rings. The van der Waals surface area contributed by atoms with Gasteiger partial charge < -0.3 is 9.47 Å². The average molecular weight is 568 g/mol. The maximum Gasteiger partial charge on any atom is 0.293 e. The summed E-state index contributed by atoms with van der Waals surface area (Å²) in [6.07, 6.45) is 2.50. The van der Waals surface area contributed by atoms with Crippen LogP contribution in [0.4, 0.5) is 10.5 Å². The van der Waals surface area contributed by atoms with Crippen LogP contribution in [0.25, 0.3) is 6.08 Å². The highest BCUT2D eigenvalue weighted by atomic mass is 127. The fourth-order valence-electron chi connectivity index (χ4n) is 2.96. The first-order chi connectivity index (χ1) is 15.2. The highest BCUT2D eigenvalue weighted by Gasteiger charge is 2.35. The van der Waals surface area contributed by atoms with Gasteiger partial charge in [-0.25, -0.2) is 0 Å². The molecule has 0 bridgehead atoms. The molecule has 2 aromatic rings. The average Bonchev–Trinajstić information content (AvgIpc) is 3.02. The molecule has 0 unspecified atom stereocenters. The second-order valence-corrected chi connectivity index (χ2v) is 9.22. The zero-order chi connectivity index (χ0) is 23.4. The highest BCUT2D eigenvalue weighted by Crippen LogP contribution is 2.38.